The molecule has 0 aromatic rings. The molecule has 1 heterocycles. The zero-order chi connectivity index (χ0) is 17.6. The van der Waals surface area contributed by atoms with Crippen molar-refractivity contribution in [2.75, 3.05) is 20.1 Å². The van der Waals surface area contributed by atoms with Gasteiger partial charge in [0.05, 0.1) is 0 Å². The Hall–Kier alpha value is -1.79. The Morgan fingerprint density at radius 2 is 1.83 bits per heavy atom. The summed E-state index contributed by atoms with van der Waals surface area (Å²) < 4.78 is 5.35. The van der Waals surface area contributed by atoms with Crippen molar-refractivity contribution in [2.24, 2.45) is 11.8 Å². The molecule has 0 aromatic heterocycles. The van der Waals surface area contributed by atoms with E-state index in [0.717, 1.165) is 0 Å². The summed E-state index contributed by atoms with van der Waals surface area (Å²) in [7, 11) is 1.56. The quantitative estimate of drug-likeness (QED) is 0.803. The standard InChI is InChI=1S/C16H28N2O5/c1-16(2,3)23-15(22)18-9-7-11(8-10-18)12(14(21)17-4)5-6-13(19)20/h11-12H,5-10H2,1-4H3,(H,17,21)(H,19,20). The van der Waals surface area contributed by atoms with Crippen molar-refractivity contribution >= 4 is 18.0 Å². The number of nitrogens with zero attached hydrogens (tertiary/aromatic N) is 1. The van der Waals surface area contributed by atoms with Crippen LogP contribution in [-0.4, -0.2) is 53.7 Å². The first-order valence-electron chi connectivity index (χ1n) is 8.05. The van der Waals surface area contributed by atoms with Gasteiger partial charge >= 0.3 is 12.1 Å². The minimum Gasteiger partial charge on any atom is -0.481 e. The van der Waals surface area contributed by atoms with Crippen LogP contribution in [0.15, 0.2) is 0 Å². The molecule has 2 amide bonds. The number of carbonyl (C=O) groups excluding carboxylic acids is 2. The van der Waals surface area contributed by atoms with Crippen molar-refractivity contribution in [3.63, 3.8) is 0 Å². The number of aliphatic carboxylic acids is 1. The number of nitrogens with one attached hydrogen (secondary N) is 1. The van der Waals surface area contributed by atoms with E-state index in [0.29, 0.717) is 32.4 Å². The van der Waals surface area contributed by atoms with Crippen LogP contribution in [-0.2, 0) is 14.3 Å². The number of carboxylic acids is 1. The van der Waals surface area contributed by atoms with Gasteiger partial charge in [-0.05, 0) is 46.0 Å². The van der Waals surface area contributed by atoms with Gasteiger partial charge < -0.3 is 20.1 Å². The van der Waals surface area contributed by atoms with Crippen LogP contribution in [0.4, 0.5) is 4.79 Å². The van der Waals surface area contributed by atoms with Crippen LogP contribution in [0.3, 0.4) is 0 Å². The van der Waals surface area contributed by atoms with E-state index < -0.39 is 11.6 Å². The van der Waals surface area contributed by atoms with Gasteiger partial charge in [-0.25, -0.2) is 4.79 Å². The number of hydrogen-bond donors (Lipinski definition) is 2. The Balaban J connectivity index is 2.58. The predicted octanol–water partition coefficient (Wildman–Crippen LogP) is 1.86. The molecule has 2 N–H and O–H groups in total. The van der Waals surface area contributed by atoms with Crippen LogP contribution in [0.5, 0.6) is 0 Å². The van der Waals surface area contributed by atoms with E-state index in [1.807, 2.05) is 20.8 Å². The molecular weight excluding hydrogens is 300 g/mol. The number of carboxylic acid groups (broad SMARTS) is 1. The summed E-state index contributed by atoms with van der Waals surface area (Å²) in [4.78, 5) is 36.5. The number of ether oxygens (including phenoxy) is 1. The lowest BCUT2D eigenvalue weighted by atomic mass is 9.81. The summed E-state index contributed by atoms with van der Waals surface area (Å²) in [5.74, 6) is -1.25. The van der Waals surface area contributed by atoms with Crippen LogP contribution >= 0.6 is 0 Å². The maximum absolute atomic E-state index is 12.0. The van der Waals surface area contributed by atoms with Crippen LogP contribution < -0.4 is 5.32 Å². The predicted molar refractivity (Wildman–Crippen MR) is 85.0 cm³/mol. The number of carbonyl (C=O) groups is 3. The van der Waals surface area contributed by atoms with Gasteiger partial charge in [0.2, 0.25) is 5.91 Å². The van der Waals surface area contributed by atoms with E-state index in [-0.39, 0.29) is 30.3 Å². The zero-order valence-corrected chi connectivity index (χ0v) is 14.4. The van der Waals surface area contributed by atoms with Crippen molar-refractivity contribution in [2.45, 2.75) is 52.1 Å². The highest BCUT2D eigenvalue weighted by Gasteiger charge is 2.33. The molecule has 0 radical (unpaired) electrons. The fourth-order valence-corrected chi connectivity index (χ4v) is 2.86. The first-order valence-corrected chi connectivity index (χ1v) is 8.05. The summed E-state index contributed by atoms with van der Waals surface area (Å²) in [5.41, 5.74) is -0.528. The molecule has 1 aliphatic heterocycles. The molecule has 1 fully saturated rings. The van der Waals surface area contributed by atoms with Gasteiger partial charge in [-0.1, -0.05) is 0 Å². The Bertz CT molecular complexity index is 436. The number of amides is 2. The second-order valence-electron chi connectivity index (χ2n) is 6.96. The van der Waals surface area contributed by atoms with Gasteiger partial charge in [0.25, 0.3) is 0 Å². The third kappa shape index (κ3) is 6.46. The molecule has 1 saturated heterocycles. The molecule has 7 nitrogen and oxygen atoms in total. The molecule has 0 aromatic carbocycles. The summed E-state index contributed by atoms with van der Waals surface area (Å²) in [6, 6.07) is 0. The van der Waals surface area contributed by atoms with Crippen LogP contribution in [0.1, 0.15) is 46.5 Å². The SMILES string of the molecule is CNC(=O)C(CCC(=O)O)C1CCN(C(=O)OC(C)(C)C)CC1. The number of hydrogen-bond acceptors (Lipinski definition) is 4. The number of rotatable bonds is 5. The number of piperidine rings is 1. The first kappa shape index (κ1) is 19.3. The van der Waals surface area contributed by atoms with Gasteiger partial charge in [0.1, 0.15) is 5.60 Å². The van der Waals surface area contributed by atoms with E-state index in [4.69, 9.17) is 9.84 Å². The van der Waals surface area contributed by atoms with Crippen LogP contribution in [0.25, 0.3) is 0 Å². The highest BCUT2D eigenvalue weighted by molar-refractivity contribution is 5.79. The van der Waals surface area contributed by atoms with Crippen molar-refractivity contribution in [1.29, 1.82) is 0 Å². The Morgan fingerprint density at radius 1 is 1.26 bits per heavy atom. The molecule has 7 heteroatoms. The minimum absolute atomic E-state index is 0.0234. The Kier molecular flexibility index (Phi) is 6.84. The van der Waals surface area contributed by atoms with Crippen LogP contribution in [0, 0.1) is 11.8 Å². The Labute approximate surface area is 137 Å². The Morgan fingerprint density at radius 3 is 2.26 bits per heavy atom. The topological polar surface area (TPSA) is 95.9 Å². The second kappa shape index (κ2) is 8.17. The average Bonchev–Trinajstić information content (AvgIpc) is 2.45. The molecule has 1 atom stereocenters. The smallest absolute Gasteiger partial charge is 0.410 e. The fraction of sp³-hybridized carbons (Fsp3) is 0.812. The van der Waals surface area contributed by atoms with Crippen LogP contribution in [0.2, 0.25) is 0 Å². The van der Waals surface area contributed by atoms with Gasteiger partial charge in [0, 0.05) is 32.5 Å². The van der Waals surface area contributed by atoms with Gasteiger partial charge in [-0.3, -0.25) is 9.59 Å². The molecule has 1 aliphatic rings. The van der Waals surface area contributed by atoms with E-state index in [2.05, 4.69) is 5.32 Å². The summed E-state index contributed by atoms with van der Waals surface area (Å²) in [5, 5.41) is 11.5. The van der Waals surface area contributed by atoms with Crippen molar-refractivity contribution in [3.8, 4) is 0 Å². The maximum atomic E-state index is 12.0. The minimum atomic E-state index is -0.898. The lowest BCUT2D eigenvalue weighted by molar-refractivity contribution is -0.137. The van der Waals surface area contributed by atoms with Crippen molar-refractivity contribution in [3.05, 3.63) is 0 Å². The van der Waals surface area contributed by atoms with Gasteiger partial charge in [-0.2, -0.15) is 0 Å². The van der Waals surface area contributed by atoms with E-state index >= 15 is 0 Å². The maximum Gasteiger partial charge on any atom is 0.410 e. The molecule has 0 aliphatic carbocycles. The van der Waals surface area contributed by atoms with Crippen molar-refractivity contribution in [1.82, 2.24) is 10.2 Å². The van der Waals surface area contributed by atoms with E-state index in [9.17, 15) is 14.4 Å². The first-order chi connectivity index (χ1) is 10.6. The molecule has 1 rings (SSSR count). The normalized spacial score (nSPS) is 17.5. The molecule has 1 unspecified atom stereocenters. The van der Waals surface area contributed by atoms with Crippen molar-refractivity contribution < 1.29 is 24.2 Å². The zero-order valence-electron chi connectivity index (χ0n) is 14.4. The fourth-order valence-electron chi connectivity index (χ4n) is 2.86. The summed E-state index contributed by atoms with van der Waals surface area (Å²) in [6.45, 7) is 6.53. The monoisotopic (exact) mass is 328 g/mol. The largest absolute Gasteiger partial charge is 0.481 e. The highest BCUT2D eigenvalue weighted by Crippen LogP contribution is 2.29. The third-order valence-electron chi connectivity index (χ3n) is 4.01. The van der Waals surface area contributed by atoms with E-state index in [1.54, 1.807) is 11.9 Å². The molecule has 0 spiro atoms. The lowest BCUT2D eigenvalue weighted by Gasteiger charge is -2.36. The molecular formula is C16H28N2O5. The van der Waals surface area contributed by atoms with Gasteiger partial charge in [-0.15, -0.1) is 0 Å². The number of likely N-dealkylation sites (tertiary alicyclic amines) is 1. The molecule has 23 heavy (non-hydrogen) atoms. The molecule has 132 valence electrons. The van der Waals surface area contributed by atoms with Gasteiger partial charge in [0.15, 0.2) is 0 Å². The average molecular weight is 328 g/mol. The summed E-state index contributed by atoms with van der Waals surface area (Å²) >= 11 is 0. The lowest BCUT2D eigenvalue weighted by Crippen LogP contribution is -2.44. The summed E-state index contributed by atoms with van der Waals surface area (Å²) in [6.07, 6.45) is 1.32. The molecule has 0 bridgehead atoms. The molecule has 0 saturated carbocycles. The highest BCUT2D eigenvalue weighted by atomic mass is 16.6. The third-order valence-corrected chi connectivity index (χ3v) is 4.01. The second-order valence-corrected chi connectivity index (χ2v) is 6.96. The van der Waals surface area contributed by atoms with E-state index in [1.165, 1.54) is 0 Å².